The molecule has 2 N–H and O–H groups in total. The molecular formula is C18H21Cl2N4+. The molecule has 126 valence electrons. The number of hydrogen-bond acceptors (Lipinski definition) is 3. The van der Waals surface area contributed by atoms with E-state index in [2.05, 4.69) is 40.7 Å². The average Bonchev–Trinajstić information content (AvgIpc) is 2.59. The number of quaternary nitrogens is 1. The fourth-order valence-corrected chi connectivity index (χ4v) is 3.10. The van der Waals surface area contributed by atoms with Gasteiger partial charge in [0, 0.05) is 16.3 Å². The van der Waals surface area contributed by atoms with E-state index in [0.29, 0.717) is 15.7 Å². The molecule has 2 aromatic carbocycles. The Balaban J connectivity index is 1.74. The highest BCUT2D eigenvalue weighted by Crippen LogP contribution is 2.25. The number of benzene rings is 2. The number of anilines is 2. The summed E-state index contributed by atoms with van der Waals surface area (Å²) in [4.78, 5) is 4.00. The molecule has 24 heavy (non-hydrogen) atoms. The van der Waals surface area contributed by atoms with Crippen LogP contribution in [0.4, 0.5) is 11.4 Å². The third-order valence-corrected chi connectivity index (χ3v) is 4.78. The van der Waals surface area contributed by atoms with Crippen LogP contribution in [0.2, 0.25) is 10.0 Å². The fraction of sp³-hybridized carbons (Fsp3) is 0.278. The second-order valence-corrected chi connectivity index (χ2v) is 6.84. The van der Waals surface area contributed by atoms with Crippen LogP contribution in [0.15, 0.2) is 47.6 Å². The number of likely N-dealkylation sites (N-methyl/N-ethyl adjacent to an activating group) is 1. The minimum absolute atomic E-state index is 0.590. The van der Waals surface area contributed by atoms with Gasteiger partial charge in [-0.25, -0.2) is 0 Å². The second kappa shape index (κ2) is 7.88. The Hall–Kier alpha value is -1.75. The number of piperazine rings is 1. The smallest absolute Gasteiger partial charge is 0.0947 e. The van der Waals surface area contributed by atoms with E-state index in [1.54, 1.807) is 23.1 Å². The van der Waals surface area contributed by atoms with Gasteiger partial charge in [0.1, 0.15) is 0 Å². The summed E-state index contributed by atoms with van der Waals surface area (Å²) in [6.45, 7) is 4.43. The van der Waals surface area contributed by atoms with E-state index in [0.717, 1.165) is 31.7 Å². The van der Waals surface area contributed by atoms with Crippen molar-refractivity contribution in [1.29, 1.82) is 0 Å². The summed E-state index contributed by atoms with van der Waals surface area (Å²) < 4.78 is 0. The van der Waals surface area contributed by atoms with Gasteiger partial charge in [-0.3, -0.25) is 5.43 Å². The van der Waals surface area contributed by atoms with Crippen LogP contribution < -0.4 is 15.2 Å². The molecule has 1 aliphatic rings. The van der Waals surface area contributed by atoms with E-state index in [1.165, 1.54) is 5.69 Å². The van der Waals surface area contributed by atoms with Gasteiger partial charge in [0.25, 0.3) is 0 Å². The molecule has 0 aromatic heterocycles. The van der Waals surface area contributed by atoms with E-state index in [4.69, 9.17) is 23.2 Å². The molecule has 0 atom stereocenters. The SMILES string of the molecule is C[NH+]1CCN(c2ccccc2C=NNc2cc(Cl)ccc2Cl)CC1. The number of nitrogens with one attached hydrogen (secondary N) is 2. The van der Waals surface area contributed by atoms with Gasteiger partial charge < -0.3 is 9.80 Å². The lowest BCUT2D eigenvalue weighted by Gasteiger charge is -2.32. The van der Waals surface area contributed by atoms with Gasteiger partial charge in [0.2, 0.25) is 0 Å². The maximum absolute atomic E-state index is 6.14. The predicted molar refractivity (Wildman–Crippen MR) is 103 cm³/mol. The molecule has 0 bridgehead atoms. The summed E-state index contributed by atoms with van der Waals surface area (Å²) in [5, 5.41) is 5.55. The van der Waals surface area contributed by atoms with Crippen LogP contribution in [0.3, 0.4) is 0 Å². The molecule has 0 unspecified atom stereocenters. The molecule has 0 spiro atoms. The molecule has 0 aliphatic carbocycles. The number of nitrogens with zero attached hydrogens (tertiary/aromatic N) is 2. The van der Waals surface area contributed by atoms with Crippen molar-refractivity contribution in [2.75, 3.05) is 43.6 Å². The molecule has 0 radical (unpaired) electrons. The number of hydrogen-bond donors (Lipinski definition) is 2. The van der Waals surface area contributed by atoms with E-state index < -0.39 is 0 Å². The van der Waals surface area contributed by atoms with Crippen LogP contribution in [0.25, 0.3) is 0 Å². The lowest BCUT2D eigenvalue weighted by Crippen LogP contribution is -3.12. The maximum atomic E-state index is 6.14. The number of rotatable bonds is 4. The minimum atomic E-state index is 0.590. The first-order chi connectivity index (χ1) is 11.6. The second-order valence-electron chi connectivity index (χ2n) is 6.00. The molecule has 1 aliphatic heterocycles. The van der Waals surface area contributed by atoms with Crippen LogP contribution >= 0.6 is 23.2 Å². The largest absolute Gasteiger partial charge is 0.360 e. The zero-order valence-electron chi connectivity index (χ0n) is 13.6. The zero-order valence-corrected chi connectivity index (χ0v) is 15.1. The van der Waals surface area contributed by atoms with Gasteiger partial charge in [-0.2, -0.15) is 5.10 Å². The van der Waals surface area contributed by atoms with Crippen molar-refractivity contribution in [3.63, 3.8) is 0 Å². The molecule has 6 heteroatoms. The molecule has 0 amide bonds. The van der Waals surface area contributed by atoms with Crippen molar-refractivity contribution >= 4 is 40.8 Å². The quantitative estimate of drug-likeness (QED) is 0.646. The molecule has 4 nitrogen and oxygen atoms in total. The highest BCUT2D eigenvalue weighted by molar-refractivity contribution is 6.35. The van der Waals surface area contributed by atoms with Crippen LogP contribution in [0, 0.1) is 0 Å². The third kappa shape index (κ3) is 4.20. The highest BCUT2D eigenvalue weighted by Gasteiger charge is 2.18. The minimum Gasteiger partial charge on any atom is -0.360 e. The Bertz CT molecular complexity index is 725. The highest BCUT2D eigenvalue weighted by atomic mass is 35.5. The summed E-state index contributed by atoms with van der Waals surface area (Å²) in [5.41, 5.74) is 5.97. The van der Waals surface area contributed by atoms with E-state index in [-0.39, 0.29) is 0 Å². The molecule has 0 saturated carbocycles. The van der Waals surface area contributed by atoms with Gasteiger partial charge in [-0.05, 0) is 24.3 Å². The number of para-hydroxylation sites is 1. The monoisotopic (exact) mass is 363 g/mol. The normalized spacial score (nSPS) is 15.9. The third-order valence-electron chi connectivity index (χ3n) is 4.21. The van der Waals surface area contributed by atoms with Crippen LogP contribution in [-0.4, -0.2) is 39.4 Å². The van der Waals surface area contributed by atoms with E-state index >= 15 is 0 Å². The lowest BCUT2D eigenvalue weighted by molar-refractivity contribution is -0.880. The Morgan fingerprint density at radius 3 is 2.67 bits per heavy atom. The molecule has 3 rings (SSSR count). The number of halogens is 2. The van der Waals surface area contributed by atoms with E-state index in [9.17, 15) is 0 Å². The summed E-state index contributed by atoms with van der Waals surface area (Å²) in [6, 6.07) is 13.6. The van der Waals surface area contributed by atoms with Crippen molar-refractivity contribution in [1.82, 2.24) is 0 Å². The topological polar surface area (TPSA) is 32.1 Å². The summed E-state index contributed by atoms with van der Waals surface area (Å²) in [6.07, 6.45) is 1.83. The Morgan fingerprint density at radius 2 is 1.88 bits per heavy atom. The van der Waals surface area contributed by atoms with Gasteiger partial charge in [-0.15, -0.1) is 0 Å². The summed E-state index contributed by atoms with van der Waals surface area (Å²) in [5.74, 6) is 0. The molecule has 2 aromatic rings. The lowest BCUT2D eigenvalue weighted by atomic mass is 10.1. The van der Waals surface area contributed by atoms with Crippen LogP contribution in [0.5, 0.6) is 0 Å². The van der Waals surface area contributed by atoms with Crippen LogP contribution in [0.1, 0.15) is 5.56 Å². The first kappa shape index (κ1) is 17.1. The maximum Gasteiger partial charge on any atom is 0.0947 e. The van der Waals surface area contributed by atoms with E-state index in [1.807, 2.05) is 12.3 Å². The van der Waals surface area contributed by atoms with Crippen molar-refractivity contribution in [3.8, 4) is 0 Å². The van der Waals surface area contributed by atoms with Crippen molar-refractivity contribution in [2.45, 2.75) is 0 Å². The Morgan fingerprint density at radius 1 is 1.12 bits per heavy atom. The van der Waals surface area contributed by atoms with Gasteiger partial charge in [0.05, 0.1) is 50.2 Å². The average molecular weight is 364 g/mol. The summed E-state index contributed by atoms with van der Waals surface area (Å²) >= 11 is 12.1. The van der Waals surface area contributed by atoms with Gasteiger partial charge in [-0.1, -0.05) is 41.4 Å². The predicted octanol–water partition coefficient (Wildman–Crippen LogP) is 2.77. The molecule has 1 fully saturated rings. The fourth-order valence-electron chi connectivity index (χ4n) is 2.77. The molecular weight excluding hydrogens is 343 g/mol. The number of hydrazone groups is 1. The first-order valence-electron chi connectivity index (χ1n) is 8.03. The van der Waals surface area contributed by atoms with Crippen molar-refractivity contribution in [2.24, 2.45) is 5.10 Å². The Kier molecular flexibility index (Phi) is 5.61. The summed E-state index contributed by atoms with van der Waals surface area (Å²) in [7, 11) is 2.24. The molecule has 1 heterocycles. The van der Waals surface area contributed by atoms with Crippen molar-refractivity contribution < 1.29 is 4.90 Å². The van der Waals surface area contributed by atoms with Crippen molar-refractivity contribution in [3.05, 3.63) is 58.1 Å². The first-order valence-corrected chi connectivity index (χ1v) is 8.78. The zero-order chi connectivity index (χ0) is 16.9. The Labute approximate surface area is 152 Å². The molecule has 1 saturated heterocycles. The van der Waals surface area contributed by atoms with Gasteiger partial charge in [0.15, 0.2) is 0 Å². The van der Waals surface area contributed by atoms with Crippen LogP contribution in [-0.2, 0) is 0 Å². The standard InChI is InChI=1S/C18H20Cl2N4/c1-23-8-10-24(11-9-23)18-5-3-2-4-14(18)13-21-22-17-12-15(19)6-7-16(17)20/h2-7,12-13,22H,8-11H2,1H3/p+1. The van der Waals surface area contributed by atoms with Gasteiger partial charge >= 0.3 is 0 Å².